The fraction of sp³-hybridized carbons (Fsp3) is 0.300. The minimum atomic E-state index is -0.742. The van der Waals surface area contributed by atoms with E-state index in [1.54, 1.807) is 0 Å². The number of halogens is 3. The summed E-state index contributed by atoms with van der Waals surface area (Å²) in [7, 11) is 0. The van der Waals surface area contributed by atoms with Crippen molar-refractivity contribution in [3.05, 3.63) is 26.9 Å². The molecule has 1 aliphatic carbocycles. The van der Waals surface area contributed by atoms with Crippen molar-refractivity contribution in [1.82, 2.24) is 0 Å². The Bertz CT molecular complexity index is 417. The first-order chi connectivity index (χ1) is 7.02. The Labute approximate surface area is 99.2 Å². The summed E-state index contributed by atoms with van der Waals surface area (Å²) >= 11 is 8.61. The number of benzene rings is 1. The van der Waals surface area contributed by atoms with Crippen molar-refractivity contribution < 1.29 is 14.3 Å². The predicted molar refractivity (Wildman–Crippen MR) is 57.8 cm³/mol. The van der Waals surface area contributed by atoms with Crippen molar-refractivity contribution in [3.8, 4) is 5.75 Å². The normalized spacial score (nSPS) is 15.4. The number of carbonyl (C=O) groups excluding carboxylic acids is 1. The van der Waals surface area contributed by atoms with Crippen LogP contribution >= 0.6 is 27.5 Å². The largest absolute Gasteiger partial charge is 0.506 e. The molecule has 0 amide bonds. The molecule has 1 saturated carbocycles. The van der Waals surface area contributed by atoms with Gasteiger partial charge in [-0.3, -0.25) is 4.79 Å². The van der Waals surface area contributed by atoms with Gasteiger partial charge in [-0.2, -0.15) is 0 Å². The van der Waals surface area contributed by atoms with Gasteiger partial charge in [0.2, 0.25) is 0 Å². The van der Waals surface area contributed by atoms with Gasteiger partial charge in [-0.1, -0.05) is 11.6 Å². The summed E-state index contributed by atoms with van der Waals surface area (Å²) < 4.78 is 13.7. The Hall–Kier alpha value is -0.610. The van der Waals surface area contributed by atoms with Gasteiger partial charge in [0.15, 0.2) is 11.6 Å². The smallest absolute Gasteiger partial charge is 0.172 e. The van der Waals surface area contributed by atoms with E-state index in [2.05, 4.69) is 15.9 Å². The molecule has 80 valence electrons. The van der Waals surface area contributed by atoms with E-state index in [1.165, 1.54) is 6.07 Å². The molecule has 0 unspecified atom stereocenters. The highest BCUT2D eigenvalue weighted by Gasteiger charge is 2.35. The molecule has 1 aliphatic rings. The number of hydrogen-bond acceptors (Lipinski definition) is 2. The fourth-order valence-electron chi connectivity index (χ4n) is 1.36. The van der Waals surface area contributed by atoms with E-state index >= 15 is 0 Å². The lowest BCUT2D eigenvalue weighted by Gasteiger charge is -2.07. The van der Waals surface area contributed by atoms with Crippen LogP contribution in [0.1, 0.15) is 23.2 Å². The zero-order valence-electron chi connectivity index (χ0n) is 7.56. The molecule has 0 saturated heterocycles. The Morgan fingerprint density at radius 3 is 2.73 bits per heavy atom. The number of aromatic hydroxyl groups is 1. The maximum absolute atomic E-state index is 13.6. The van der Waals surface area contributed by atoms with Gasteiger partial charge in [0.1, 0.15) is 5.75 Å². The molecule has 1 aromatic rings. The lowest BCUT2D eigenvalue weighted by Crippen LogP contribution is -2.06. The van der Waals surface area contributed by atoms with Crippen LogP contribution in [0.2, 0.25) is 5.02 Å². The van der Waals surface area contributed by atoms with E-state index in [0.29, 0.717) is 0 Å². The highest BCUT2D eigenvalue weighted by molar-refractivity contribution is 9.10. The summed E-state index contributed by atoms with van der Waals surface area (Å²) in [5.41, 5.74) is -0.295. The van der Waals surface area contributed by atoms with Crippen LogP contribution in [0.3, 0.4) is 0 Å². The van der Waals surface area contributed by atoms with Gasteiger partial charge in [0.25, 0.3) is 0 Å². The fourth-order valence-corrected chi connectivity index (χ4v) is 2.12. The lowest BCUT2D eigenvalue weighted by molar-refractivity contribution is 0.0960. The molecule has 1 fully saturated rings. The third kappa shape index (κ3) is 1.88. The number of hydrogen-bond donors (Lipinski definition) is 1. The second kappa shape index (κ2) is 3.76. The van der Waals surface area contributed by atoms with Crippen LogP contribution in [0.15, 0.2) is 10.5 Å². The molecule has 2 nitrogen and oxygen atoms in total. The van der Waals surface area contributed by atoms with Crippen molar-refractivity contribution in [2.45, 2.75) is 12.8 Å². The number of Topliss-reactive ketones (excluding diaryl/α,β-unsaturated/α-hetero) is 1. The maximum Gasteiger partial charge on any atom is 0.172 e. The third-order valence-electron chi connectivity index (χ3n) is 2.34. The topological polar surface area (TPSA) is 37.3 Å². The molecule has 15 heavy (non-hydrogen) atoms. The SMILES string of the molecule is O=C(c1c(O)c(Cl)cc(Br)c1F)C1CC1. The van der Waals surface area contributed by atoms with E-state index in [4.69, 9.17) is 11.6 Å². The lowest BCUT2D eigenvalue weighted by atomic mass is 10.1. The molecule has 0 bridgehead atoms. The molecule has 1 aromatic carbocycles. The van der Waals surface area contributed by atoms with Crippen LogP contribution in [-0.2, 0) is 0 Å². The number of rotatable bonds is 2. The highest BCUT2D eigenvalue weighted by Crippen LogP contribution is 2.40. The molecule has 2 rings (SSSR count). The minimum absolute atomic E-state index is 0.0210. The zero-order chi connectivity index (χ0) is 11.2. The average Bonchev–Trinajstić information content (AvgIpc) is 2.98. The molecule has 0 spiro atoms. The zero-order valence-corrected chi connectivity index (χ0v) is 9.90. The van der Waals surface area contributed by atoms with Gasteiger partial charge in [-0.25, -0.2) is 4.39 Å². The van der Waals surface area contributed by atoms with Crippen molar-refractivity contribution in [1.29, 1.82) is 0 Å². The molecule has 0 heterocycles. The van der Waals surface area contributed by atoms with Gasteiger partial charge in [0.05, 0.1) is 15.1 Å². The number of phenolic OH excluding ortho intramolecular Hbond substituents is 1. The average molecular weight is 294 g/mol. The highest BCUT2D eigenvalue weighted by atomic mass is 79.9. The quantitative estimate of drug-likeness (QED) is 0.669. The number of phenols is 1. The minimum Gasteiger partial charge on any atom is -0.506 e. The molecule has 0 aliphatic heterocycles. The first-order valence-corrected chi connectivity index (χ1v) is 5.60. The van der Waals surface area contributed by atoms with E-state index in [9.17, 15) is 14.3 Å². The summed E-state index contributed by atoms with van der Waals surface area (Å²) in [6, 6.07) is 1.23. The van der Waals surface area contributed by atoms with Gasteiger partial charge in [0, 0.05) is 5.92 Å². The first-order valence-electron chi connectivity index (χ1n) is 4.43. The summed E-state index contributed by atoms with van der Waals surface area (Å²) in [5.74, 6) is -1.73. The van der Waals surface area contributed by atoms with E-state index in [-0.39, 0.29) is 26.8 Å². The van der Waals surface area contributed by atoms with Crippen LogP contribution in [-0.4, -0.2) is 10.9 Å². The van der Waals surface area contributed by atoms with Gasteiger partial charge < -0.3 is 5.11 Å². The second-order valence-corrected chi connectivity index (χ2v) is 4.78. The Balaban J connectivity index is 2.57. The van der Waals surface area contributed by atoms with Gasteiger partial charge >= 0.3 is 0 Å². The van der Waals surface area contributed by atoms with Gasteiger partial charge in [-0.05, 0) is 34.8 Å². The molecular weight excluding hydrogens is 286 g/mol. The number of ketones is 1. The van der Waals surface area contributed by atoms with Gasteiger partial charge in [-0.15, -0.1) is 0 Å². The van der Waals surface area contributed by atoms with Crippen LogP contribution in [0, 0.1) is 11.7 Å². The second-order valence-electron chi connectivity index (χ2n) is 3.52. The van der Waals surface area contributed by atoms with E-state index in [0.717, 1.165) is 12.8 Å². The first kappa shape index (κ1) is 10.9. The molecule has 1 N–H and O–H groups in total. The monoisotopic (exact) mass is 292 g/mol. The van der Waals surface area contributed by atoms with E-state index < -0.39 is 11.6 Å². The summed E-state index contributed by atoms with van der Waals surface area (Å²) in [5, 5.41) is 9.52. The molecule has 0 radical (unpaired) electrons. The van der Waals surface area contributed by atoms with Crippen molar-refractivity contribution >= 4 is 33.3 Å². The Morgan fingerprint density at radius 2 is 2.20 bits per heavy atom. The predicted octanol–water partition coefficient (Wildman–Crippen LogP) is 3.54. The summed E-state index contributed by atoms with van der Waals surface area (Å²) in [6.07, 6.45) is 1.50. The van der Waals surface area contributed by atoms with Crippen molar-refractivity contribution in [2.75, 3.05) is 0 Å². The van der Waals surface area contributed by atoms with Crippen molar-refractivity contribution in [2.24, 2.45) is 5.92 Å². The van der Waals surface area contributed by atoms with Crippen molar-refractivity contribution in [3.63, 3.8) is 0 Å². The van der Waals surface area contributed by atoms with Crippen LogP contribution in [0.25, 0.3) is 0 Å². The Kier molecular flexibility index (Phi) is 2.73. The standard InChI is InChI=1S/C10H7BrClFO2/c11-5-3-6(12)10(15)7(8(5)13)9(14)4-1-2-4/h3-4,15H,1-2H2. The summed E-state index contributed by atoms with van der Waals surface area (Å²) in [4.78, 5) is 11.7. The molecular formula is C10H7BrClFO2. The Morgan fingerprint density at radius 1 is 1.60 bits per heavy atom. The summed E-state index contributed by atoms with van der Waals surface area (Å²) in [6.45, 7) is 0. The third-order valence-corrected chi connectivity index (χ3v) is 3.21. The molecule has 0 aromatic heterocycles. The molecule has 5 heteroatoms. The molecule has 0 atom stereocenters. The maximum atomic E-state index is 13.6. The number of carbonyl (C=O) groups is 1. The van der Waals surface area contributed by atoms with Crippen LogP contribution in [0.5, 0.6) is 5.75 Å². The van der Waals surface area contributed by atoms with Crippen LogP contribution < -0.4 is 0 Å². The van der Waals surface area contributed by atoms with E-state index in [1.807, 2.05) is 0 Å². The van der Waals surface area contributed by atoms with Crippen LogP contribution in [0.4, 0.5) is 4.39 Å².